The number of esters is 1. The second-order valence-corrected chi connectivity index (χ2v) is 9.55. The molecule has 4 aromatic rings. The number of carbonyl (C=O) groups is 2. The Morgan fingerprint density at radius 1 is 0.800 bits per heavy atom. The molecule has 4 aromatic carbocycles. The van der Waals surface area contributed by atoms with E-state index < -0.39 is 11.9 Å². The van der Waals surface area contributed by atoms with Crippen molar-refractivity contribution in [3.05, 3.63) is 114 Å². The Balaban J connectivity index is 1.42. The molecule has 7 heteroatoms. The number of carbonyl (C=O) groups excluding carboxylic acids is 2. The lowest BCUT2D eigenvalue weighted by molar-refractivity contribution is 0.0602. The second-order valence-electron chi connectivity index (χ2n) is 9.55. The standard InChI is InChI=1S/C33H32N2O5/c1-38-33(37)28-15-13-26(25-11-6-3-7-12-25)21-30(28)34-32(36)29-22-27(39-20-19-35-17-8-18-35)14-16-31(29)40-23-24-9-4-2-5-10-24/h2-7,9-16,21-22H,8,17-20,23H2,1H3,(H,34,36). The summed E-state index contributed by atoms with van der Waals surface area (Å²) in [5.41, 5.74) is 3.69. The third kappa shape index (κ3) is 6.68. The molecule has 7 nitrogen and oxygen atoms in total. The van der Waals surface area contributed by atoms with Crippen molar-refractivity contribution >= 4 is 17.6 Å². The Bertz CT molecular complexity index is 1450. The normalized spacial score (nSPS) is 12.7. The van der Waals surface area contributed by atoms with Gasteiger partial charge in [-0.3, -0.25) is 9.69 Å². The predicted molar refractivity (Wildman–Crippen MR) is 155 cm³/mol. The number of ether oxygens (including phenoxy) is 3. The molecule has 1 fully saturated rings. The lowest BCUT2D eigenvalue weighted by atomic mass is 10.0. The van der Waals surface area contributed by atoms with Gasteiger partial charge in [-0.1, -0.05) is 66.7 Å². The van der Waals surface area contributed by atoms with Crippen molar-refractivity contribution < 1.29 is 23.8 Å². The SMILES string of the molecule is COC(=O)c1ccc(-c2ccccc2)cc1NC(=O)c1cc(OCCN2CCC2)ccc1OCc1ccccc1. The Labute approximate surface area is 234 Å². The minimum Gasteiger partial charge on any atom is -0.492 e. The zero-order valence-electron chi connectivity index (χ0n) is 22.5. The van der Waals surface area contributed by atoms with Crippen molar-refractivity contribution in [2.24, 2.45) is 0 Å². The summed E-state index contributed by atoms with van der Waals surface area (Å²) >= 11 is 0. The summed E-state index contributed by atoms with van der Waals surface area (Å²) in [6.45, 7) is 3.84. The van der Waals surface area contributed by atoms with Crippen molar-refractivity contribution in [1.29, 1.82) is 0 Å². The van der Waals surface area contributed by atoms with Crippen LogP contribution in [0.1, 0.15) is 32.7 Å². The maximum absolute atomic E-state index is 13.7. The molecule has 0 spiro atoms. The molecule has 1 aliphatic rings. The molecule has 204 valence electrons. The molecule has 1 N–H and O–H groups in total. The number of hydrogen-bond acceptors (Lipinski definition) is 6. The van der Waals surface area contributed by atoms with E-state index in [1.54, 1.807) is 24.3 Å². The molecule has 1 aliphatic heterocycles. The van der Waals surface area contributed by atoms with Gasteiger partial charge in [0.2, 0.25) is 0 Å². The average molecular weight is 537 g/mol. The molecule has 40 heavy (non-hydrogen) atoms. The number of likely N-dealkylation sites (tertiary alicyclic amines) is 1. The second kappa shape index (κ2) is 13.0. The van der Waals surface area contributed by atoms with Gasteiger partial charge in [-0.25, -0.2) is 4.79 Å². The van der Waals surface area contributed by atoms with Crippen molar-refractivity contribution in [2.45, 2.75) is 13.0 Å². The van der Waals surface area contributed by atoms with E-state index >= 15 is 0 Å². The summed E-state index contributed by atoms with van der Waals surface area (Å²) < 4.78 is 17.0. The van der Waals surface area contributed by atoms with Crippen LogP contribution in [0.25, 0.3) is 11.1 Å². The molecule has 0 bridgehead atoms. The highest BCUT2D eigenvalue weighted by Gasteiger charge is 2.20. The van der Waals surface area contributed by atoms with E-state index in [0.29, 0.717) is 36.0 Å². The number of anilines is 1. The summed E-state index contributed by atoms with van der Waals surface area (Å²) in [6, 6.07) is 30.0. The summed E-state index contributed by atoms with van der Waals surface area (Å²) in [7, 11) is 1.32. The van der Waals surface area contributed by atoms with Crippen LogP contribution in [0.2, 0.25) is 0 Å². The van der Waals surface area contributed by atoms with E-state index in [1.165, 1.54) is 13.5 Å². The minimum absolute atomic E-state index is 0.254. The van der Waals surface area contributed by atoms with Crippen LogP contribution >= 0.6 is 0 Å². The number of hydrogen-bond donors (Lipinski definition) is 1. The van der Waals surface area contributed by atoms with Crippen LogP contribution in [0.5, 0.6) is 11.5 Å². The predicted octanol–water partition coefficient (Wildman–Crippen LogP) is 6.06. The number of benzene rings is 4. The van der Waals surface area contributed by atoms with Crippen LogP contribution in [0, 0.1) is 0 Å². The minimum atomic E-state index is -0.543. The molecule has 0 atom stereocenters. The number of methoxy groups -OCH3 is 1. The Morgan fingerprint density at radius 2 is 1.55 bits per heavy atom. The lowest BCUT2D eigenvalue weighted by Gasteiger charge is -2.30. The lowest BCUT2D eigenvalue weighted by Crippen LogP contribution is -2.39. The van der Waals surface area contributed by atoms with Crippen LogP contribution in [0.3, 0.4) is 0 Å². The van der Waals surface area contributed by atoms with Crippen molar-refractivity contribution in [3.63, 3.8) is 0 Å². The highest BCUT2D eigenvalue weighted by molar-refractivity contribution is 6.10. The first-order valence-corrected chi connectivity index (χ1v) is 13.4. The van der Waals surface area contributed by atoms with Crippen molar-refractivity contribution in [1.82, 2.24) is 4.90 Å². The number of nitrogens with one attached hydrogen (secondary N) is 1. The molecule has 1 saturated heterocycles. The van der Waals surface area contributed by atoms with Gasteiger partial charge in [0.05, 0.1) is 23.9 Å². The number of nitrogens with zero attached hydrogens (tertiary/aromatic N) is 1. The first-order chi connectivity index (χ1) is 19.6. The Morgan fingerprint density at radius 3 is 2.25 bits per heavy atom. The smallest absolute Gasteiger partial charge is 0.339 e. The van der Waals surface area contributed by atoms with Gasteiger partial charge >= 0.3 is 5.97 Å². The topological polar surface area (TPSA) is 77.1 Å². The van der Waals surface area contributed by atoms with Gasteiger partial charge in [-0.15, -0.1) is 0 Å². The first-order valence-electron chi connectivity index (χ1n) is 13.4. The maximum Gasteiger partial charge on any atom is 0.339 e. The van der Waals surface area contributed by atoms with E-state index in [0.717, 1.165) is 36.3 Å². The summed E-state index contributed by atoms with van der Waals surface area (Å²) in [6.07, 6.45) is 1.22. The quantitative estimate of drug-likeness (QED) is 0.235. The van der Waals surface area contributed by atoms with Gasteiger partial charge in [0.25, 0.3) is 5.91 Å². The maximum atomic E-state index is 13.7. The van der Waals surface area contributed by atoms with E-state index in [1.807, 2.05) is 72.8 Å². The van der Waals surface area contributed by atoms with Crippen LogP contribution in [-0.2, 0) is 11.3 Å². The van der Waals surface area contributed by atoms with Gasteiger partial charge in [0, 0.05) is 6.54 Å². The molecule has 5 rings (SSSR count). The fourth-order valence-electron chi connectivity index (χ4n) is 4.47. The molecular weight excluding hydrogens is 504 g/mol. The van der Waals surface area contributed by atoms with E-state index in [4.69, 9.17) is 14.2 Å². The molecule has 1 heterocycles. The Kier molecular flexibility index (Phi) is 8.73. The molecule has 0 aliphatic carbocycles. The van der Waals surface area contributed by atoms with Crippen LogP contribution in [-0.4, -0.2) is 50.1 Å². The fraction of sp³-hybridized carbons (Fsp3) is 0.212. The van der Waals surface area contributed by atoms with Crippen LogP contribution in [0.15, 0.2) is 97.1 Å². The van der Waals surface area contributed by atoms with Crippen LogP contribution < -0.4 is 14.8 Å². The monoisotopic (exact) mass is 536 g/mol. The van der Waals surface area contributed by atoms with Gasteiger partial charge in [0.1, 0.15) is 24.7 Å². The third-order valence-corrected chi connectivity index (χ3v) is 6.84. The highest BCUT2D eigenvalue weighted by atomic mass is 16.5. The molecular formula is C33H32N2O5. The zero-order chi connectivity index (χ0) is 27.7. The number of amides is 1. The molecule has 0 unspecified atom stereocenters. The van der Waals surface area contributed by atoms with E-state index in [-0.39, 0.29) is 5.56 Å². The molecule has 0 aromatic heterocycles. The highest BCUT2D eigenvalue weighted by Crippen LogP contribution is 2.30. The van der Waals surface area contributed by atoms with Crippen molar-refractivity contribution in [3.8, 4) is 22.6 Å². The largest absolute Gasteiger partial charge is 0.492 e. The van der Waals surface area contributed by atoms with E-state index in [9.17, 15) is 9.59 Å². The fourth-order valence-corrected chi connectivity index (χ4v) is 4.47. The molecule has 0 saturated carbocycles. The van der Waals surface area contributed by atoms with Crippen LogP contribution in [0.4, 0.5) is 5.69 Å². The van der Waals surface area contributed by atoms with Crippen molar-refractivity contribution in [2.75, 3.05) is 38.7 Å². The Hall–Kier alpha value is -4.62. The summed E-state index contributed by atoms with van der Waals surface area (Å²) in [5.74, 6) is 0.0180. The average Bonchev–Trinajstić information content (AvgIpc) is 2.98. The van der Waals surface area contributed by atoms with Gasteiger partial charge < -0.3 is 19.5 Å². The van der Waals surface area contributed by atoms with Gasteiger partial charge in [0.15, 0.2) is 0 Å². The zero-order valence-corrected chi connectivity index (χ0v) is 22.5. The summed E-state index contributed by atoms with van der Waals surface area (Å²) in [5, 5.41) is 2.93. The van der Waals surface area contributed by atoms with Gasteiger partial charge in [-0.2, -0.15) is 0 Å². The molecule has 1 amide bonds. The molecule has 0 radical (unpaired) electrons. The third-order valence-electron chi connectivity index (χ3n) is 6.84. The van der Waals surface area contributed by atoms with E-state index in [2.05, 4.69) is 10.2 Å². The first kappa shape index (κ1) is 27.0. The number of rotatable bonds is 11. The summed E-state index contributed by atoms with van der Waals surface area (Å²) in [4.78, 5) is 28.6. The van der Waals surface area contributed by atoms with Gasteiger partial charge in [-0.05, 0) is 66.5 Å².